The van der Waals surface area contributed by atoms with E-state index >= 15 is 0 Å². The lowest BCUT2D eigenvalue weighted by molar-refractivity contribution is -0.152. The van der Waals surface area contributed by atoms with E-state index in [9.17, 15) is 9.59 Å². The summed E-state index contributed by atoms with van der Waals surface area (Å²) in [5.41, 5.74) is 0. The zero-order valence-electron chi connectivity index (χ0n) is 13.4. The topological polar surface area (TPSA) is 64.6 Å². The first-order valence-electron chi connectivity index (χ1n) is 7.16. The fourth-order valence-corrected chi connectivity index (χ4v) is 2.23. The third kappa shape index (κ3) is 6.85. The maximum atomic E-state index is 11.7. The molecule has 1 amide bonds. The lowest BCUT2D eigenvalue weighted by atomic mass is 10.2. The summed E-state index contributed by atoms with van der Waals surface area (Å²) in [7, 11) is 1.60. The van der Waals surface area contributed by atoms with Gasteiger partial charge >= 0.3 is 5.97 Å². The van der Waals surface area contributed by atoms with Crippen molar-refractivity contribution in [2.24, 2.45) is 5.92 Å². The van der Waals surface area contributed by atoms with Gasteiger partial charge in [0.15, 0.2) is 6.10 Å². The maximum Gasteiger partial charge on any atom is 0.317 e. The highest BCUT2D eigenvalue weighted by Crippen LogP contribution is 2.21. The van der Waals surface area contributed by atoms with Crippen LogP contribution in [0.25, 0.3) is 0 Å². The minimum Gasteiger partial charge on any atom is -0.497 e. The van der Waals surface area contributed by atoms with E-state index in [1.807, 2.05) is 38.1 Å². The van der Waals surface area contributed by atoms with Gasteiger partial charge in [0, 0.05) is 11.4 Å². The Labute approximate surface area is 135 Å². The summed E-state index contributed by atoms with van der Waals surface area (Å²) in [6.07, 6.45) is -0.775. The number of ether oxygens (including phenoxy) is 2. The van der Waals surface area contributed by atoms with Crippen LogP contribution in [0.5, 0.6) is 5.75 Å². The second-order valence-electron chi connectivity index (χ2n) is 5.24. The van der Waals surface area contributed by atoms with Gasteiger partial charge in [-0.3, -0.25) is 9.59 Å². The molecule has 0 aromatic heterocycles. The van der Waals surface area contributed by atoms with Crippen LogP contribution >= 0.6 is 11.8 Å². The van der Waals surface area contributed by atoms with Crippen molar-refractivity contribution < 1.29 is 19.1 Å². The van der Waals surface area contributed by atoms with Crippen LogP contribution in [0.3, 0.4) is 0 Å². The van der Waals surface area contributed by atoms with Crippen LogP contribution in [0, 0.1) is 5.92 Å². The van der Waals surface area contributed by atoms with Crippen molar-refractivity contribution in [3.63, 3.8) is 0 Å². The second-order valence-corrected chi connectivity index (χ2v) is 6.28. The van der Waals surface area contributed by atoms with Crippen LogP contribution in [0.2, 0.25) is 0 Å². The monoisotopic (exact) mass is 325 g/mol. The van der Waals surface area contributed by atoms with Crippen molar-refractivity contribution in [1.29, 1.82) is 0 Å². The Morgan fingerprint density at radius 3 is 2.36 bits per heavy atom. The molecule has 0 aliphatic carbocycles. The van der Waals surface area contributed by atoms with Crippen molar-refractivity contribution in [2.75, 3.05) is 19.4 Å². The summed E-state index contributed by atoms with van der Waals surface area (Å²) in [6, 6.07) is 7.40. The Morgan fingerprint density at radius 2 is 1.82 bits per heavy atom. The average Bonchev–Trinajstić information content (AvgIpc) is 2.50. The largest absolute Gasteiger partial charge is 0.497 e. The Bertz CT molecular complexity index is 487. The quantitative estimate of drug-likeness (QED) is 0.588. The summed E-state index contributed by atoms with van der Waals surface area (Å²) in [4.78, 5) is 24.4. The molecule has 0 saturated heterocycles. The van der Waals surface area contributed by atoms with Gasteiger partial charge in [-0.25, -0.2) is 0 Å². The highest BCUT2D eigenvalue weighted by Gasteiger charge is 2.17. The Balaban J connectivity index is 2.34. The summed E-state index contributed by atoms with van der Waals surface area (Å²) >= 11 is 1.36. The average molecular weight is 325 g/mol. The molecule has 1 atom stereocenters. The molecule has 1 aromatic carbocycles. The first-order chi connectivity index (χ1) is 10.4. The van der Waals surface area contributed by atoms with Crippen LogP contribution in [-0.2, 0) is 14.3 Å². The van der Waals surface area contributed by atoms with Crippen LogP contribution in [0.15, 0.2) is 29.2 Å². The molecule has 0 unspecified atom stereocenters. The molecule has 0 heterocycles. The molecule has 0 aliphatic heterocycles. The zero-order valence-corrected chi connectivity index (χ0v) is 14.2. The lowest BCUT2D eigenvalue weighted by Crippen LogP contribution is -2.37. The molecule has 0 saturated carbocycles. The minimum atomic E-state index is -0.775. The fourth-order valence-electron chi connectivity index (χ4n) is 1.55. The third-order valence-corrected chi connectivity index (χ3v) is 3.76. The number of hydrogen-bond donors (Lipinski definition) is 1. The summed E-state index contributed by atoms with van der Waals surface area (Å²) < 4.78 is 10.2. The number of nitrogens with one attached hydrogen (secondary N) is 1. The second kappa shape index (κ2) is 9.35. The van der Waals surface area contributed by atoms with Crippen molar-refractivity contribution in [1.82, 2.24) is 5.32 Å². The molecule has 122 valence electrons. The van der Waals surface area contributed by atoms with E-state index in [0.29, 0.717) is 12.5 Å². The maximum absolute atomic E-state index is 11.7. The van der Waals surface area contributed by atoms with Gasteiger partial charge < -0.3 is 14.8 Å². The van der Waals surface area contributed by atoms with Crippen molar-refractivity contribution >= 4 is 23.6 Å². The van der Waals surface area contributed by atoms with E-state index in [2.05, 4.69) is 5.32 Å². The number of thioether (sulfide) groups is 1. The van der Waals surface area contributed by atoms with Gasteiger partial charge in [0.25, 0.3) is 5.91 Å². The Hall–Kier alpha value is -1.69. The fraction of sp³-hybridized carbons (Fsp3) is 0.500. The van der Waals surface area contributed by atoms with Crippen LogP contribution < -0.4 is 10.1 Å². The van der Waals surface area contributed by atoms with Gasteiger partial charge in [-0.2, -0.15) is 0 Å². The molecule has 1 aromatic rings. The molecule has 1 rings (SSSR count). The number of amides is 1. The van der Waals surface area contributed by atoms with Gasteiger partial charge in [0.05, 0.1) is 12.9 Å². The smallest absolute Gasteiger partial charge is 0.317 e. The zero-order chi connectivity index (χ0) is 16.5. The van der Waals surface area contributed by atoms with Crippen LogP contribution in [-0.4, -0.2) is 37.4 Å². The third-order valence-electron chi connectivity index (χ3n) is 2.78. The molecule has 5 nitrogen and oxygen atoms in total. The molecule has 0 spiro atoms. The van der Waals surface area contributed by atoms with Crippen molar-refractivity contribution in [3.05, 3.63) is 24.3 Å². The number of rotatable bonds is 8. The SMILES string of the molecule is COc1ccc(SCC(=O)O[C@H](C)C(=O)NCC(C)C)cc1. The number of hydrogen-bond acceptors (Lipinski definition) is 5. The van der Waals surface area contributed by atoms with Crippen LogP contribution in [0.1, 0.15) is 20.8 Å². The molecule has 22 heavy (non-hydrogen) atoms. The van der Waals surface area contributed by atoms with E-state index in [1.165, 1.54) is 11.8 Å². The normalized spacial score (nSPS) is 11.9. The molecule has 0 fully saturated rings. The van der Waals surface area contributed by atoms with Gasteiger partial charge in [-0.05, 0) is 37.1 Å². The standard InChI is InChI=1S/C16H23NO4S/c1-11(2)9-17-16(19)12(3)21-15(18)10-22-14-7-5-13(20-4)6-8-14/h5-8,11-12H,9-10H2,1-4H3,(H,17,19)/t12-/m1/s1. The number of carbonyl (C=O) groups excluding carboxylic acids is 2. The Morgan fingerprint density at radius 1 is 1.18 bits per heavy atom. The predicted octanol–water partition coefficient (Wildman–Crippen LogP) is 2.49. The first kappa shape index (κ1) is 18.4. The Kier molecular flexibility index (Phi) is 7.80. The molecular formula is C16H23NO4S. The number of carbonyl (C=O) groups is 2. The van der Waals surface area contributed by atoms with E-state index in [4.69, 9.17) is 9.47 Å². The number of benzene rings is 1. The summed E-state index contributed by atoms with van der Waals surface area (Å²) in [6.45, 7) is 6.15. The van der Waals surface area contributed by atoms with Gasteiger partial charge in [-0.1, -0.05) is 13.8 Å². The molecule has 0 bridgehead atoms. The molecule has 6 heteroatoms. The summed E-state index contributed by atoms with van der Waals surface area (Å²) in [5, 5.41) is 2.74. The lowest BCUT2D eigenvalue weighted by Gasteiger charge is -2.14. The van der Waals surface area contributed by atoms with Gasteiger partial charge in [-0.15, -0.1) is 11.8 Å². The number of methoxy groups -OCH3 is 1. The predicted molar refractivity (Wildman–Crippen MR) is 87.1 cm³/mol. The van der Waals surface area contributed by atoms with E-state index < -0.39 is 12.1 Å². The molecule has 0 aliphatic rings. The molecule has 0 radical (unpaired) electrons. The summed E-state index contributed by atoms with van der Waals surface area (Å²) in [5.74, 6) is 0.609. The molecular weight excluding hydrogens is 302 g/mol. The van der Waals surface area contributed by atoms with Crippen molar-refractivity contribution in [2.45, 2.75) is 31.8 Å². The van der Waals surface area contributed by atoms with E-state index in [0.717, 1.165) is 10.6 Å². The van der Waals surface area contributed by atoms with E-state index in [-0.39, 0.29) is 11.7 Å². The van der Waals surface area contributed by atoms with E-state index in [1.54, 1.807) is 14.0 Å². The number of esters is 1. The van der Waals surface area contributed by atoms with Crippen molar-refractivity contribution in [3.8, 4) is 5.75 Å². The highest BCUT2D eigenvalue weighted by atomic mass is 32.2. The van der Waals surface area contributed by atoms with Gasteiger partial charge in [0.1, 0.15) is 5.75 Å². The van der Waals surface area contributed by atoms with Crippen LogP contribution in [0.4, 0.5) is 0 Å². The minimum absolute atomic E-state index is 0.161. The first-order valence-corrected chi connectivity index (χ1v) is 8.15. The highest BCUT2D eigenvalue weighted by molar-refractivity contribution is 8.00. The van der Waals surface area contributed by atoms with Gasteiger partial charge in [0.2, 0.25) is 0 Å². The molecule has 1 N–H and O–H groups in total.